The zero-order chi connectivity index (χ0) is 23.6. The Morgan fingerprint density at radius 2 is 1.91 bits per heavy atom. The van der Waals surface area contributed by atoms with Crippen molar-refractivity contribution >= 4 is 32.9 Å². The van der Waals surface area contributed by atoms with E-state index < -0.39 is 15.7 Å². The number of aromatic nitrogens is 4. The van der Waals surface area contributed by atoms with E-state index in [1.165, 1.54) is 28.2 Å². The molecule has 0 spiro atoms. The molecule has 0 saturated heterocycles. The highest BCUT2D eigenvalue weighted by Gasteiger charge is 2.20. The normalized spacial score (nSPS) is 11.5. The van der Waals surface area contributed by atoms with Crippen LogP contribution in [0.1, 0.15) is 17.7 Å². The van der Waals surface area contributed by atoms with Crippen molar-refractivity contribution in [2.75, 3.05) is 11.1 Å². The van der Waals surface area contributed by atoms with Gasteiger partial charge in [-0.2, -0.15) is 9.78 Å². The molecule has 3 heterocycles. The Labute approximate surface area is 194 Å². The first kappa shape index (κ1) is 22.6. The highest BCUT2D eigenvalue weighted by atomic mass is 32.2. The number of aromatic amines is 1. The molecule has 9 nitrogen and oxygen atoms in total. The van der Waals surface area contributed by atoms with Crippen LogP contribution in [0.5, 0.6) is 0 Å². The quantitative estimate of drug-likeness (QED) is 0.416. The van der Waals surface area contributed by atoms with Gasteiger partial charge in [-0.25, -0.2) is 13.4 Å². The van der Waals surface area contributed by atoms with Crippen molar-refractivity contribution in [1.82, 2.24) is 19.7 Å². The third kappa shape index (κ3) is 4.94. The van der Waals surface area contributed by atoms with Crippen molar-refractivity contribution < 1.29 is 13.2 Å². The van der Waals surface area contributed by atoms with Crippen LogP contribution in [0.4, 0.5) is 5.82 Å². The molecule has 0 fully saturated rings. The number of hydrogen-bond acceptors (Lipinski definition) is 7. The van der Waals surface area contributed by atoms with Crippen molar-refractivity contribution in [2.45, 2.75) is 25.2 Å². The zero-order valence-electron chi connectivity index (χ0n) is 17.9. The first-order valence-electron chi connectivity index (χ1n) is 10.0. The smallest absolute Gasteiger partial charge is 0.255 e. The van der Waals surface area contributed by atoms with Gasteiger partial charge in [-0.3, -0.25) is 14.6 Å². The molecule has 4 rings (SSSR count). The molecule has 33 heavy (non-hydrogen) atoms. The minimum absolute atomic E-state index is 0.151. The number of amides is 1. The second kappa shape index (κ2) is 9.12. The number of benzene rings is 1. The first-order valence-corrected chi connectivity index (χ1v) is 12.6. The topological polar surface area (TPSA) is 127 Å². The molecule has 1 amide bonds. The lowest BCUT2D eigenvalue weighted by Gasteiger charge is -2.09. The third-order valence-electron chi connectivity index (χ3n) is 5.03. The molecule has 4 aromatic rings. The van der Waals surface area contributed by atoms with Crippen molar-refractivity contribution in [2.24, 2.45) is 0 Å². The molecule has 1 aromatic carbocycles. The van der Waals surface area contributed by atoms with E-state index in [9.17, 15) is 18.0 Å². The van der Waals surface area contributed by atoms with Crippen LogP contribution in [0.15, 0.2) is 63.6 Å². The summed E-state index contributed by atoms with van der Waals surface area (Å²) in [7, 11) is -3.60. The van der Waals surface area contributed by atoms with Gasteiger partial charge in [0.25, 0.3) is 5.56 Å². The van der Waals surface area contributed by atoms with Gasteiger partial charge in [-0.15, -0.1) is 11.3 Å². The van der Waals surface area contributed by atoms with E-state index in [2.05, 4.69) is 20.4 Å². The molecule has 0 aliphatic rings. The van der Waals surface area contributed by atoms with Gasteiger partial charge in [0.15, 0.2) is 9.84 Å². The summed E-state index contributed by atoms with van der Waals surface area (Å²) >= 11 is 1.47. The Bertz CT molecular complexity index is 1460. The van der Waals surface area contributed by atoms with Crippen LogP contribution in [0.3, 0.4) is 0 Å². The van der Waals surface area contributed by atoms with Gasteiger partial charge < -0.3 is 5.32 Å². The minimum Gasteiger partial charge on any atom is -0.310 e. The van der Waals surface area contributed by atoms with Crippen molar-refractivity contribution in [3.8, 4) is 16.5 Å². The van der Waals surface area contributed by atoms with E-state index in [4.69, 9.17) is 0 Å². The molecule has 0 unspecified atom stereocenters. The molecular formula is C22H21N5O4S2. The standard InChI is InChI=1S/C22H21N5O4S2/c1-14-15(2)23-22(25-21(14)29)27-19(13-17(26-27)18-9-6-11-32-18)24-20(28)10-12-33(30,31)16-7-4-3-5-8-16/h3-9,11,13H,10,12H2,1-2H3,(H,24,28)(H,23,25,29). The first-order chi connectivity index (χ1) is 15.7. The molecule has 0 bridgehead atoms. The second-order valence-corrected chi connectivity index (χ2v) is 10.4. The molecule has 11 heteroatoms. The van der Waals surface area contributed by atoms with Gasteiger partial charge >= 0.3 is 0 Å². The zero-order valence-corrected chi connectivity index (χ0v) is 19.5. The summed E-state index contributed by atoms with van der Waals surface area (Å²) in [5.74, 6) is -0.419. The fraction of sp³-hybridized carbons (Fsp3) is 0.182. The fourth-order valence-corrected chi connectivity index (χ4v) is 5.03. The Balaban J connectivity index is 1.61. The Hall–Kier alpha value is -3.57. The number of thiophene rings is 1. The van der Waals surface area contributed by atoms with Gasteiger partial charge in [0, 0.05) is 23.7 Å². The van der Waals surface area contributed by atoms with Crippen LogP contribution in [0, 0.1) is 13.8 Å². The Kier molecular flexibility index (Phi) is 6.25. The average Bonchev–Trinajstić information content (AvgIpc) is 3.47. The van der Waals surface area contributed by atoms with Crippen LogP contribution < -0.4 is 10.9 Å². The summed E-state index contributed by atoms with van der Waals surface area (Å²) in [6, 6.07) is 13.4. The number of carbonyl (C=O) groups excluding carboxylic acids is 1. The second-order valence-electron chi connectivity index (χ2n) is 7.33. The highest BCUT2D eigenvalue weighted by Crippen LogP contribution is 2.27. The summed E-state index contributed by atoms with van der Waals surface area (Å²) in [6.07, 6.45) is -0.242. The average molecular weight is 484 g/mol. The predicted octanol–water partition coefficient (Wildman–Crippen LogP) is 3.10. The molecule has 0 aliphatic carbocycles. The largest absolute Gasteiger partial charge is 0.310 e. The predicted molar refractivity (Wildman–Crippen MR) is 127 cm³/mol. The van der Waals surface area contributed by atoms with Crippen molar-refractivity contribution in [3.63, 3.8) is 0 Å². The Morgan fingerprint density at radius 3 is 2.58 bits per heavy atom. The summed E-state index contributed by atoms with van der Waals surface area (Å²) in [6.45, 7) is 3.38. The number of nitrogens with zero attached hydrogens (tertiary/aromatic N) is 3. The summed E-state index contributed by atoms with van der Waals surface area (Å²) < 4.78 is 26.3. The molecule has 0 radical (unpaired) electrons. The van der Waals surface area contributed by atoms with E-state index in [1.807, 2.05) is 17.5 Å². The van der Waals surface area contributed by atoms with Crippen LogP contribution in [0.25, 0.3) is 16.5 Å². The summed E-state index contributed by atoms with van der Waals surface area (Å²) in [4.78, 5) is 33.0. The van der Waals surface area contributed by atoms with Crippen LogP contribution >= 0.6 is 11.3 Å². The molecule has 170 valence electrons. The lowest BCUT2D eigenvalue weighted by molar-refractivity contribution is -0.115. The number of rotatable bonds is 7. The number of aryl methyl sites for hydroxylation is 1. The monoisotopic (exact) mass is 483 g/mol. The third-order valence-corrected chi connectivity index (χ3v) is 7.66. The van der Waals surface area contributed by atoms with Gasteiger partial charge in [-0.05, 0) is 37.4 Å². The van der Waals surface area contributed by atoms with Gasteiger partial charge in [-0.1, -0.05) is 24.3 Å². The maximum absolute atomic E-state index is 12.7. The van der Waals surface area contributed by atoms with Crippen LogP contribution in [-0.4, -0.2) is 39.8 Å². The highest BCUT2D eigenvalue weighted by molar-refractivity contribution is 7.91. The van der Waals surface area contributed by atoms with Gasteiger partial charge in [0.2, 0.25) is 11.9 Å². The maximum Gasteiger partial charge on any atom is 0.255 e. The van der Waals surface area contributed by atoms with E-state index in [0.717, 1.165) is 4.88 Å². The van der Waals surface area contributed by atoms with Crippen molar-refractivity contribution in [3.05, 3.63) is 75.5 Å². The lowest BCUT2D eigenvalue weighted by atomic mass is 10.3. The molecule has 0 aliphatic heterocycles. The number of anilines is 1. The van der Waals surface area contributed by atoms with Crippen molar-refractivity contribution in [1.29, 1.82) is 0 Å². The number of hydrogen-bond donors (Lipinski definition) is 2. The van der Waals surface area contributed by atoms with E-state index >= 15 is 0 Å². The lowest BCUT2D eigenvalue weighted by Crippen LogP contribution is -2.22. The summed E-state index contributed by atoms with van der Waals surface area (Å²) in [5.41, 5.74) is 1.30. The molecule has 2 N–H and O–H groups in total. The SMILES string of the molecule is Cc1nc(-n2nc(-c3cccs3)cc2NC(=O)CCS(=O)(=O)c2ccccc2)[nH]c(=O)c1C. The van der Waals surface area contributed by atoms with Crippen LogP contribution in [-0.2, 0) is 14.6 Å². The molecular weight excluding hydrogens is 462 g/mol. The number of H-pyrrole nitrogens is 1. The number of nitrogens with one attached hydrogen (secondary N) is 2. The van der Waals surface area contributed by atoms with E-state index in [1.54, 1.807) is 38.1 Å². The fourth-order valence-electron chi connectivity index (χ4n) is 3.08. The Morgan fingerprint density at radius 1 is 1.15 bits per heavy atom. The number of sulfone groups is 1. The minimum atomic E-state index is -3.60. The summed E-state index contributed by atoms with van der Waals surface area (Å²) in [5, 5.41) is 9.11. The van der Waals surface area contributed by atoms with E-state index in [-0.39, 0.29) is 34.4 Å². The molecule has 3 aromatic heterocycles. The van der Waals surface area contributed by atoms with Crippen LogP contribution in [0.2, 0.25) is 0 Å². The molecule has 0 atom stereocenters. The van der Waals surface area contributed by atoms with E-state index in [0.29, 0.717) is 17.0 Å². The molecule has 0 saturated carbocycles. The van der Waals surface area contributed by atoms with Gasteiger partial charge in [0.05, 0.1) is 15.5 Å². The number of carbonyl (C=O) groups is 1. The van der Waals surface area contributed by atoms with Gasteiger partial charge in [0.1, 0.15) is 11.5 Å². The maximum atomic E-state index is 12.7.